The third-order valence-corrected chi connectivity index (χ3v) is 29.2. The fraction of sp³-hybridized carbons (Fsp3) is 0.0960. The fourth-order valence-electron chi connectivity index (χ4n) is 21.4. The Bertz CT molecular complexity index is 8880. The van der Waals surface area contributed by atoms with Crippen LogP contribution in [0.1, 0.15) is 88.9 Å². The van der Waals surface area contributed by atoms with E-state index in [1.165, 1.54) is 159 Å². The zero-order valence-corrected chi connectivity index (χ0v) is 77.4. The lowest BCUT2D eigenvalue weighted by molar-refractivity contribution is 0.639. The van der Waals surface area contributed by atoms with Gasteiger partial charge in [-0.1, -0.05) is 342 Å². The average molecular weight is 1750 g/mol. The smallest absolute Gasteiger partial charge is 0.238 e. The van der Waals surface area contributed by atoms with Crippen molar-refractivity contribution >= 4 is 120 Å². The molecule has 0 amide bonds. The number of fused-ring (bicyclic) bond motifs is 18. The maximum atomic E-state index is 5.36. The fourth-order valence-corrected chi connectivity index (χ4v) is 21.4. The van der Waals surface area contributed by atoms with Gasteiger partial charge < -0.3 is 9.13 Å². The normalized spacial score (nSPS) is 13.3. The highest BCUT2D eigenvalue weighted by Crippen LogP contribution is 2.53. The molecule has 0 radical (unpaired) electrons. The number of nitrogens with zero attached hydrogens (tertiary/aromatic N) is 11. The van der Waals surface area contributed by atoms with Crippen LogP contribution in [0.5, 0.6) is 0 Å². The first-order valence-electron chi connectivity index (χ1n) is 46.8. The molecule has 0 saturated heterocycles. The molecular formula is C125H95N11. The Morgan fingerprint density at radius 1 is 0.221 bits per heavy atom. The van der Waals surface area contributed by atoms with Crippen molar-refractivity contribution in [1.82, 2.24) is 53.2 Å². The van der Waals surface area contributed by atoms with Crippen molar-refractivity contribution in [1.29, 1.82) is 0 Å². The van der Waals surface area contributed by atoms with Crippen LogP contribution in [0.25, 0.3) is 222 Å². The second-order valence-electron chi connectivity index (χ2n) is 37.3. The molecule has 136 heavy (non-hydrogen) atoms. The van der Waals surface area contributed by atoms with Gasteiger partial charge in [-0.25, -0.2) is 24.9 Å². The molecule has 0 aliphatic heterocycles. The molecule has 0 spiro atoms. The van der Waals surface area contributed by atoms with Crippen molar-refractivity contribution in [2.75, 3.05) is 0 Å². The number of benzene rings is 17. The standard InChI is InChI=1S/C44H34N4.C41H29N5.C40H32N2/c1-27-28(2)44(3,4)37-25-36-39(26-35(27)37)48(38-23-22-29-14-11-12-21-34(29)40(36)38)33-20-13-19-32(24-33)43-46-41(30-15-7-5-8-16-30)45-42(47-43)31-17-9-6-10-18-31;1-26-27(2)45(41-43-39(29-15-6-3-7-16-29)42-40(44-41)30-17-8-4-9-18-30)36-25-34-37(24-33(26)36)46(31-19-10-5-11-20-31)35-23-22-28-14-12-13-21-32(28)38(34)35;1-25-26(2)40(3,4)34-23-33-37(24-32(25)34)42(36-20-19-28-15-11-12-18-31(28)39(33)36)38-22-30(27-13-7-5-8-14-27)21-35(41-38)29-16-9-6-10-17-29/h5-26H,1-4H3;3-25H,1-2H3;5-24H,1-4H3. The van der Waals surface area contributed by atoms with Crippen LogP contribution in [0.4, 0.5) is 0 Å². The number of aryl methyl sites for hydroxylation is 1. The summed E-state index contributed by atoms with van der Waals surface area (Å²) in [6, 6.07) is 140. The minimum absolute atomic E-state index is 0.00142. The van der Waals surface area contributed by atoms with Gasteiger partial charge in [-0.3, -0.25) is 9.13 Å². The highest BCUT2D eigenvalue weighted by atomic mass is 15.2. The second-order valence-corrected chi connectivity index (χ2v) is 37.3. The summed E-state index contributed by atoms with van der Waals surface area (Å²) in [4.78, 5) is 35.5. The van der Waals surface area contributed by atoms with Crippen molar-refractivity contribution < 1.29 is 0 Å². The molecule has 0 fully saturated rings. The van der Waals surface area contributed by atoms with E-state index in [1.54, 1.807) is 0 Å². The predicted molar refractivity (Wildman–Crippen MR) is 566 cm³/mol. The monoisotopic (exact) mass is 1750 g/mol. The van der Waals surface area contributed by atoms with Crippen LogP contribution in [-0.4, -0.2) is 53.2 Å². The molecule has 26 rings (SSSR count). The zero-order chi connectivity index (χ0) is 91.9. The van der Waals surface area contributed by atoms with E-state index in [9.17, 15) is 0 Å². The SMILES string of the molecule is CC1=C(C)C(C)(C)c2cc3c4c5ccccc5ccc4n(-c4cc(-c5ccccc5)cc(-c5ccccc5)n4)c3cc21.CC1=C(C)C(C)(C)c2cc3c4c5ccccc5ccc4n(-c4cccc(-c5nc(-c6ccccc6)nc(-c6ccccc6)n5)c4)c3cc21.Cc1c(C)n(-c2nc(-c3ccccc3)nc(-c3ccccc3)n2)c2cc3c4c5ccccc5ccc4n(-c4ccccc4)c3cc12. The second kappa shape index (κ2) is 32.5. The van der Waals surface area contributed by atoms with Crippen molar-refractivity contribution in [3.8, 4) is 102 Å². The van der Waals surface area contributed by atoms with Crippen LogP contribution in [0.15, 0.2) is 405 Å². The van der Waals surface area contributed by atoms with Crippen molar-refractivity contribution in [3.63, 3.8) is 0 Å². The van der Waals surface area contributed by atoms with Gasteiger partial charge in [0.2, 0.25) is 5.95 Å². The van der Waals surface area contributed by atoms with E-state index in [-0.39, 0.29) is 10.8 Å². The molecule has 0 saturated carbocycles. The summed E-state index contributed by atoms with van der Waals surface area (Å²) in [5.41, 5.74) is 33.0. The Morgan fingerprint density at radius 3 is 1.01 bits per heavy atom. The minimum atomic E-state index is -0.0157. The van der Waals surface area contributed by atoms with Gasteiger partial charge in [0.1, 0.15) is 5.82 Å². The summed E-state index contributed by atoms with van der Waals surface area (Å²) < 4.78 is 9.42. The lowest BCUT2D eigenvalue weighted by atomic mass is 9.81. The van der Waals surface area contributed by atoms with E-state index in [0.717, 1.165) is 73.0 Å². The van der Waals surface area contributed by atoms with Crippen LogP contribution in [0.3, 0.4) is 0 Å². The van der Waals surface area contributed by atoms with E-state index in [0.29, 0.717) is 35.1 Å². The van der Waals surface area contributed by atoms with E-state index >= 15 is 0 Å². The van der Waals surface area contributed by atoms with E-state index < -0.39 is 0 Å². The first kappa shape index (κ1) is 82.3. The summed E-state index contributed by atoms with van der Waals surface area (Å²) in [5, 5.41) is 16.3. The van der Waals surface area contributed by atoms with Gasteiger partial charge in [-0.05, 0) is 215 Å². The quantitative estimate of drug-likeness (QED) is 0.127. The van der Waals surface area contributed by atoms with Crippen molar-refractivity contribution in [2.45, 2.75) is 80.1 Å². The van der Waals surface area contributed by atoms with Crippen LogP contribution in [0, 0.1) is 13.8 Å². The number of hydrogen-bond donors (Lipinski definition) is 0. The number of allylic oxidation sites excluding steroid dienone is 4. The van der Waals surface area contributed by atoms with Gasteiger partial charge in [0, 0.05) is 99.0 Å². The average Bonchev–Trinajstić information content (AvgIpc) is 1.55. The van der Waals surface area contributed by atoms with Gasteiger partial charge in [0.15, 0.2) is 29.1 Å². The first-order valence-corrected chi connectivity index (χ1v) is 46.8. The summed E-state index contributed by atoms with van der Waals surface area (Å²) in [6.07, 6.45) is 0. The molecule has 2 aliphatic rings. The summed E-state index contributed by atoms with van der Waals surface area (Å²) in [5.74, 6) is 4.80. The molecule has 2 aliphatic carbocycles. The first-order chi connectivity index (χ1) is 66.4. The number of aromatic nitrogens is 11. The Kier molecular flexibility index (Phi) is 19.7. The van der Waals surface area contributed by atoms with Crippen LogP contribution < -0.4 is 0 Å². The van der Waals surface area contributed by atoms with Crippen LogP contribution in [-0.2, 0) is 10.8 Å². The molecule has 0 N–H and O–H groups in total. The molecule has 0 atom stereocenters. The molecule has 11 nitrogen and oxygen atoms in total. The lowest BCUT2D eigenvalue weighted by Gasteiger charge is -2.22. The molecule has 0 unspecified atom stereocenters. The Balaban J connectivity index is 0.000000112. The van der Waals surface area contributed by atoms with Gasteiger partial charge >= 0.3 is 0 Å². The van der Waals surface area contributed by atoms with Gasteiger partial charge in [-0.2, -0.15) is 9.97 Å². The topological polar surface area (TPSA) is 110 Å². The molecule has 11 heteroatoms. The molecule has 17 aromatic carbocycles. The molecular weight excluding hydrogens is 1660 g/mol. The van der Waals surface area contributed by atoms with Crippen LogP contribution in [0.2, 0.25) is 0 Å². The highest BCUT2D eigenvalue weighted by Gasteiger charge is 2.37. The minimum Gasteiger partial charge on any atom is -0.309 e. The zero-order valence-electron chi connectivity index (χ0n) is 77.4. The number of para-hydroxylation sites is 1. The molecule has 24 aromatic rings. The highest BCUT2D eigenvalue weighted by molar-refractivity contribution is 6.25. The third kappa shape index (κ3) is 13.6. The molecule has 7 aromatic heterocycles. The number of rotatable bonds is 11. The lowest BCUT2D eigenvalue weighted by Crippen LogP contribution is -2.15. The van der Waals surface area contributed by atoms with Gasteiger partial charge in [-0.15, -0.1) is 0 Å². The predicted octanol–water partition coefficient (Wildman–Crippen LogP) is 32.0. The maximum Gasteiger partial charge on any atom is 0.238 e. The van der Waals surface area contributed by atoms with Crippen LogP contribution >= 0.6 is 0 Å². The van der Waals surface area contributed by atoms with Crippen molar-refractivity contribution in [2.24, 2.45) is 0 Å². The Morgan fingerprint density at radius 2 is 0.559 bits per heavy atom. The molecule has 0 bridgehead atoms. The summed E-state index contributed by atoms with van der Waals surface area (Å²) in [6.45, 7) is 22.9. The Labute approximate surface area is 789 Å². The summed E-state index contributed by atoms with van der Waals surface area (Å²) >= 11 is 0. The van der Waals surface area contributed by atoms with E-state index in [4.69, 9.17) is 34.9 Å². The maximum absolute atomic E-state index is 5.36. The molecule has 7 heterocycles. The van der Waals surface area contributed by atoms with Gasteiger partial charge in [0.25, 0.3) is 0 Å². The largest absolute Gasteiger partial charge is 0.309 e. The number of hydrogen-bond acceptors (Lipinski definition) is 7. The Hall–Kier alpha value is -16.9. The van der Waals surface area contributed by atoms with E-state index in [1.807, 2.05) is 121 Å². The molecule has 650 valence electrons. The summed E-state index contributed by atoms with van der Waals surface area (Å²) in [7, 11) is 0. The number of pyridine rings is 1. The third-order valence-electron chi connectivity index (χ3n) is 29.2. The van der Waals surface area contributed by atoms with E-state index in [2.05, 4.69) is 360 Å². The van der Waals surface area contributed by atoms with Gasteiger partial charge in [0.05, 0.1) is 44.3 Å². The van der Waals surface area contributed by atoms with Crippen molar-refractivity contribution in [3.05, 3.63) is 439 Å².